The molecule has 2 aliphatic heterocycles. The maximum atomic E-state index is 10.8. The SMILES string of the molecule is COC(C)[C@H]1O[C@@H](n2cnc3c(N)ncnc32)[C@H](OC2CCCO2)[C@@H]1O. The third-order valence-electron chi connectivity index (χ3n) is 4.94. The number of ether oxygens (including phenoxy) is 4. The number of aromatic nitrogens is 4. The maximum absolute atomic E-state index is 10.8. The standard InChI is InChI=1S/C16H23N5O5/c1-8(23-2)12-11(22)13(25-9-4-3-5-24-9)16(26-12)21-7-20-10-14(17)18-6-19-15(10)21/h6-9,11-13,16,22H,3-5H2,1-2H3,(H2,17,18,19)/t8?,9?,11-,12-,13-,16-/m1/s1. The van der Waals surface area contributed by atoms with Crippen LogP contribution in [0.15, 0.2) is 12.7 Å². The Kier molecular flexibility index (Phi) is 4.76. The number of hydrogen-bond acceptors (Lipinski definition) is 9. The van der Waals surface area contributed by atoms with Crippen molar-refractivity contribution >= 4 is 17.0 Å². The van der Waals surface area contributed by atoms with Crippen LogP contribution in [0.5, 0.6) is 0 Å². The molecule has 0 amide bonds. The van der Waals surface area contributed by atoms with Crippen molar-refractivity contribution in [2.24, 2.45) is 0 Å². The van der Waals surface area contributed by atoms with E-state index in [9.17, 15) is 5.11 Å². The van der Waals surface area contributed by atoms with Gasteiger partial charge >= 0.3 is 0 Å². The highest BCUT2D eigenvalue weighted by Gasteiger charge is 2.49. The summed E-state index contributed by atoms with van der Waals surface area (Å²) >= 11 is 0. The van der Waals surface area contributed by atoms with E-state index in [1.807, 2.05) is 6.92 Å². The molecule has 0 radical (unpaired) electrons. The minimum Gasteiger partial charge on any atom is -0.387 e. The molecule has 4 rings (SSSR count). The Morgan fingerprint density at radius 2 is 2.23 bits per heavy atom. The molecule has 2 saturated heterocycles. The van der Waals surface area contributed by atoms with Gasteiger partial charge in [0.15, 0.2) is 24.0 Å². The number of aliphatic hydroxyl groups excluding tert-OH is 1. The second kappa shape index (κ2) is 7.05. The first-order chi connectivity index (χ1) is 12.6. The number of aliphatic hydroxyl groups is 1. The van der Waals surface area contributed by atoms with Gasteiger partial charge in [-0.25, -0.2) is 15.0 Å². The lowest BCUT2D eigenvalue weighted by Gasteiger charge is -2.25. The van der Waals surface area contributed by atoms with Crippen molar-refractivity contribution in [1.29, 1.82) is 0 Å². The lowest BCUT2D eigenvalue weighted by atomic mass is 10.1. The highest BCUT2D eigenvalue weighted by atomic mass is 16.7. The normalized spacial score (nSPS) is 33.1. The van der Waals surface area contributed by atoms with Crippen molar-refractivity contribution in [2.75, 3.05) is 19.5 Å². The summed E-state index contributed by atoms with van der Waals surface area (Å²) in [5.41, 5.74) is 6.86. The second-order valence-electron chi connectivity index (χ2n) is 6.55. The van der Waals surface area contributed by atoms with Crippen molar-refractivity contribution in [3.05, 3.63) is 12.7 Å². The largest absolute Gasteiger partial charge is 0.387 e. The Morgan fingerprint density at radius 3 is 2.96 bits per heavy atom. The molecule has 2 aliphatic rings. The first-order valence-corrected chi connectivity index (χ1v) is 8.66. The van der Waals surface area contributed by atoms with Gasteiger partial charge in [0.2, 0.25) is 0 Å². The van der Waals surface area contributed by atoms with E-state index in [-0.39, 0.29) is 18.2 Å². The summed E-state index contributed by atoms with van der Waals surface area (Å²) in [7, 11) is 1.57. The number of nitrogens with zero attached hydrogens (tertiary/aromatic N) is 4. The Labute approximate surface area is 150 Å². The minimum absolute atomic E-state index is 0.283. The number of imidazole rings is 1. The molecule has 2 fully saturated rings. The minimum atomic E-state index is -0.893. The van der Waals surface area contributed by atoms with E-state index in [1.165, 1.54) is 6.33 Å². The van der Waals surface area contributed by atoms with Crippen LogP contribution in [0, 0.1) is 0 Å². The first-order valence-electron chi connectivity index (χ1n) is 8.66. The zero-order chi connectivity index (χ0) is 18.3. The van der Waals surface area contributed by atoms with Gasteiger partial charge in [-0.1, -0.05) is 0 Å². The third kappa shape index (κ3) is 2.93. The molecule has 4 heterocycles. The maximum Gasteiger partial charge on any atom is 0.167 e. The van der Waals surface area contributed by atoms with Crippen molar-refractivity contribution < 1.29 is 24.1 Å². The lowest BCUT2D eigenvalue weighted by Crippen LogP contribution is -2.40. The van der Waals surface area contributed by atoms with Gasteiger partial charge < -0.3 is 29.8 Å². The van der Waals surface area contributed by atoms with Gasteiger partial charge in [0.1, 0.15) is 30.2 Å². The van der Waals surface area contributed by atoms with Crippen LogP contribution in [0.25, 0.3) is 11.2 Å². The van der Waals surface area contributed by atoms with Crippen LogP contribution >= 0.6 is 0 Å². The fraction of sp³-hybridized carbons (Fsp3) is 0.688. The molecule has 0 spiro atoms. The molecule has 0 aromatic carbocycles. The summed E-state index contributed by atoms with van der Waals surface area (Å²) in [6.45, 7) is 2.49. The molecule has 142 valence electrons. The van der Waals surface area contributed by atoms with Gasteiger partial charge in [-0.15, -0.1) is 0 Å². The fourth-order valence-electron chi connectivity index (χ4n) is 3.46. The summed E-state index contributed by atoms with van der Waals surface area (Å²) in [6.07, 6.45) is 1.20. The van der Waals surface area contributed by atoms with Gasteiger partial charge in [0.25, 0.3) is 0 Å². The number of anilines is 1. The molecule has 6 atom stereocenters. The molecule has 0 bridgehead atoms. The van der Waals surface area contributed by atoms with Crippen molar-refractivity contribution in [3.8, 4) is 0 Å². The summed E-state index contributed by atoms with van der Waals surface area (Å²) < 4.78 is 24.8. The van der Waals surface area contributed by atoms with E-state index < -0.39 is 24.5 Å². The van der Waals surface area contributed by atoms with Crippen molar-refractivity contribution in [1.82, 2.24) is 19.5 Å². The van der Waals surface area contributed by atoms with Crippen LogP contribution < -0.4 is 5.73 Å². The van der Waals surface area contributed by atoms with E-state index >= 15 is 0 Å². The first kappa shape index (κ1) is 17.6. The highest BCUT2D eigenvalue weighted by molar-refractivity contribution is 5.81. The summed E-state index contributed by atoms with van der Waals surface area (Å²) in [5.74, 6) is 0.283. The highest BCUT2D eigenvalue weighted by Crippen LogP contribution is 2.37. The van der Waals surface area contributed by atoms with Crippen LogP contribution in [0.2, 0.25) is 0 Å². The van der Waals surface area contributed by atoms with Gasteiger partial charge in [0.05, 0.1) is 12.4 Å². The van der Waals surface area contributed by atoms with E-state index in [1.54, 1.807) is 18.0 Å². The Balaban J connectivity index is 1.69. The molecule has 3 N–H and O–H groups in total. The fourth-order valence-corrected chi connectivity index (χ4v) is 3.46. The zero-order valence-electron chi connectivity index (χ0n) is 14.7. The number of rotatable bonds is 5. The monoisotopic (exact) mass is 365 g/mol. The van der Waals surface area contributed by atoms with Crippen LogP contribution in [0.4, 0.5) is 5.82 Å². The van der Waals surface area contributed by atoms with Crippen molar-refractivity contribution in [3.63, 3.8) is 0 Å². The zero-order valence-corrected chi connectivity index (χ0v) is 14.7. The molecule has 10 heteroatoms. The predicted molar refractivity (Wildman–Crippen MR) is 90.0 cm³/mol. The number of nitrogens with two attached hydrogens (primary N) is 1. The van der Waals surface area contributed by atoms with Crippen LogP contribution in [0.1, 0.15) is 26.0 Å². The molecule has 10 nitrogen and oxygen atoms in total. The van der Waals surface area contributed by atoms with Crippen LogP contribution in [-0.4, -0.2) is 69.0 Å². The topological polar surface area (TPSA) is 127 Å². The Bertz CT molecular complexity index is 765. The van der Waals surface area contributed by atoms with Gasteiger partial charge in [-0.2, -0.15) is 0 Å². The van der Waals surface area contributed by atoms with E-state index in [4.69, 9.17) is 24.7 Å². The van der Waals surface area contributed by atoms with Crippen LogP contribution in [0.3, 0.4) is 0 Å². The quantitative estimate of drug-likeness (QED) is 0.765. The summed E-state index contributed by atoms with van der Waals surface area (Å²) in [4.78, 5) is 12.5. The molecule has 26 heavy (non-hydrogen) atoms. The average Bonchev–Trinajstić information content (AvgIpc) is 3.36. The van der Waals surface area contributed by atoms with Crippen molar-refractivity contribution in [2.45, 2.75) is 56.7 Å². The second-order valence-corrected chi connectivity index (χ2v) is 6.55. The smallest absolute Gasteiger partial charge is 0.167 e. The summed E-state index contributed by atoms with van der Waals surface area (Å²) in [6, 6.07) is 0. The molecular formula is C16H23N5O5. The molecule has 2 unspecified atom stereocenters. The number of hydrogen-bond donors (Lipinski definition) is 2. The van der Waals surface area contributed by atoms with Gasteiger partial charge in [-0.05, 0) is 13.3 Å². The lowest BCUT2D eigenvalue weighted by molar-refractivity contribution is -0.181. The Hall–Kier alpha value is -1.85. The number of methoxy groups -OCH3 is 1. The van der Waals surface area contributed by atoms with Gasteiger partial charge in [0, 0.05) is 20.1 Å². The molecule has 0 saturated carbocycles. The number of fused-ring (bicyclic) bond motifs is 1. The van der Waals surface area contributed by atoms with Crippen LogP contribution in [-0.2, 0) is 18.9 Å². The average molecular weight is 365 g/mol. The van der Waals surface area contributed by atoms with E-state index in [0.29, 0.717) is 17.8 Å². The third-order valence-corrected chi connectivity index (χ3v) is 4.94. The molecule has 2 aromatic rings. The Morgan fingerprint density at radius 1 is 1.38 bits per heavy atom. The number of nitrogen functional groups attached to an aromatic ring is 1. The van der Waals surface area contributed by atoms with E-state index in [2.05, 4.69) is 15.0 Å². The molecule has 0 aliphatic carbocycles. The van der Waals surface area contributed by atoms with E-state index in [0.717, 1.165) is 12.8 Å². The predicted octanol–water partition coefficient (Wildman–Crippen LogP) is 0.223. The van der Waals surface area contributed by atoms with Gasteiger partial charge in [-0.3, -0.25) is 4.57 Å². The molecule has 2 aromatic heterocycles. The molecular weight excluding hydrogens is 342 g/mol. The summed E-state index contributed by atoms with van der Waals surface area (Å²) in [5, 5.41) is 10.8.